The number of fused-ring (bicyclic) bond motifs is 1. The molecule has 0 aliphatic rings. The van der Waals surface area contributed by atoms with Crippen molar-refractivity contribution in [3.8, 4) is 0 Å². The average Bonchev–Trinajstić information content (AvgIpc) is 2.47. The number of nitrogens with zero attached hydrogens (tertiary/aromatic N) is 2. The molecule has 0 radical (unpaired) electrons. The van der Waals surface area contributed by atoms with Crippen molar-refractivity contribution in [2.75, 3.05) is 0 Å². The van der Waals surface area contributed by atoms with Crippen LogP contribution >= 0.6 is 27.5 Å². The molecule has 0 bridgehead atoms. The van der Waals surface area contributed by atoms with Crippen molar-refractivity contribution in [3.63, 3.8) is 0 Å². The van der Waals surface area contributed by atoms with E-state index in [0.717, 1.165) is 21.2 Å². The molecule has 0 spiro atoms. The van der Waals surface area contributed by atoms with Gasteiger partial charge in [-0.15, -0.1) is 0 Å². The summed E-state index contributed by atoms with van der Waals surface area (Å²) in [6.45, 7) is 4.21. The molecule has 68 valence electrons. The Hall–Kier alpha value is -0.480. The molecule has 2 rings (SSSR count). The van der Waals surface area contributed by atoms with Crippen LogP contribution in [0, 0.1) is 6.92 Å². The van der Waals surface area contributed by atoms with E-state index < -0.39 is 0 Å². The first-order chi connectivity index (χ1) is 6.22. The summed E-state index contributed by atoms with van der Waals surface area (Å²) in [5.41, 5.74) is 2.42. The third-order valence-corrected chi connectivity index (χ3v) is 3.65. The number of rotatable bonds is 1. The molecule has 2 heterocycles. The van der Waals surface area contributed by atoms with E-state index in [1.165, 1.54) is 22.8 Å². The Morgan fingerprint density at radius 2 is 2.31 bits per heavy atom. The van der Waals surface area contributed by atoms with Gasteiger partial charge < -0.3 is 0 Å². The molecule has 0 atom stereocenters. The van der Waals surface area contributed by atoms with Crippen LogP contribution in [0.1, 0.15) is 18.2 Å². The number of aryl methyl sites for hydroxylation is 2. The van der Waals surface area contributed by atoms with Gasteiger partial charge in [0.15, 0.2) is 0 Å². The Kier molecular flexibility index (Phi) is 2.34. The SMILES string of the molecule is CCc1nc2snc(Br)c2cc1C. The van der Waals surface area contributed by atoms with Crippen molar-refractivity contribution in [1.82, 2.24) is 9.36 Å². The molecule has 0 amide bonds. The van der Waals surface area contributed by atoms with Gasteiger partial charge in [-0.05, 0) is 52.4 Å². The zero-order chi connectivity index (χ0) is 9.42. The molecule has 0 saturated carbocycles. The Morgan fingerprint density at radius 3 is 3.00 bits per heavy atom. The third kappa shape index (κ3) is 1.48. The Morgan fingerprint density at radius 1 is 1.54 bits per heavy atom. The van der Waals surface area contributed by atoms with Gasteiger partial charge in [0.25, 0.3) is 0 Å². The Balaban J connectivity index is 2.76. The quantitative estimate of drug-likeness (QED) is 0.783. The minimum absolute atomic E-state index is 0.908. The fourth-order valence-corrected chi connectivity index (χ4v) is 2.66. The molecule has 0 aliphatic heterocycles. The van der Waals surface area contributed by atoms with Gasteiger partial charge in [-0.25, -0.2) is 4.98 Å². The van der Waals surface area contributed by atoms with Crippen LogP contribution < -0.4 is 0 Å². The van der Waals surface area contributed by atoms with Crippen LogP contribution in [0.3, 0.4) is 0 Å². The summed E-state index contributed by atoms with van der Waals surface area (Å²) < 4.78 is 5.12. The summed E-state index contributed by atoms with van der Waals surface area (Å²) in [6, 6.07) is 2.15. The van der Waals surface area contributed by atoms with Crippen molar-refractivity contribution in [2.45, 2.75) is 20.3 Å². The monoisotopic (exact) mass is 256 g/mol. The summed E-state index contributed by atoms with van der Waals surface area (Å²) >= 11 is 4.85. The van der Waals surface area contributed by atoms with Gasteiger partial charge in [-0.1, -0.05) is 6.92 Å². The molecule has 2 aromatic heterocycles. The maximum absolute atomic E-state index is 4.54. The highest BCUT2D eigenvalue weighted by atomic mass is 79.9. The van der Waals surface area contributed by atoms with Gasteiger partial charge in [0.2, 0.25) is 0 Å². The molecular formula is C9H9BrN2S. The van der Waals surface area contributed by atoms with Crippen molar-refractivity contribution in [2.24, 2.45) is 0 Å². The van der Waals surface area contributed by atoms with E-state index in [-0.39, 0.29) is 0 Å². The minimum Gasteiger partial charge on any atom is -0.240 e. The Bertz CT molecular complexity index is 450. The topological polar surface area (TPSA) is 25.8 Å². The van der Waals surface area contributed by atoms with Crippen LogP contribution in [-0.4, -0.2) is 9.36 Å². The summed E-state index contributed by atoms with van der Waals surface area (Å²) in [7, 11) is 0. The molecule has 0 unspecified atom stereocenters. The maximum Gasteiger partial charge on any atom is 0.144 e. The average molecular weight is 257 g/mol. The zero-order valence-corrected chi connectivity index (χ0v) is 9.87. The largest absolute Gasteiger partial charge is 0.240 e. The van der Waals surface area contributed by atoms with Crippen LogP contribution in [0.2, 0.25) is 0 Å². The maximum atomic E-state index is 4.54. The predicted octanol–water partition coefficient (Wildman–Crippen LogP) is 3.32. The summed E-state index contributed by atoms with van der Waals surface area (Å²) in [4.78, 5) is 5.56. The van der Waals surface area contributed by atoms with Crippen LogP contribution in [0.15, 0.2) is 10.7 Å². The van der Waals surface area contributed by atoms with Gasteiger partial charge in [0, 0.05) is 11.1 Å². The zero-order valence-electron chi connectivity index (χ0n) is 7.47. The molecule has 0 N–H and O–H groups in total. The summed E-state index contributed by atoms with van der Waals surface area (Å²) in [5.74, 6) is 0. The number of pyridine rings is 1. The predicted molar refractivity (Wildman–Crippen MR) is 59.2 cm³/mol. The molecule has 0 aliphatic carbocycles. The lowest BCUT2D eigenvalue weighted by Crippen LogP contribution is -1.90. The van der Waals surface area contributed by atoms with E-state index in [1.807, 2.05) is 0 Å². The van der Waals surface area contributed by atoms with E-state index in [9.17, 15) is 0 Å². The smallest absolute Gasteiger partial charge is 0.144 e. The Labute approximate surface area is 89.3 Å². The van der Waals surface area contributed by atoms with Crippen LogP contribution in [0.4, 0.5) is 0 Å². The van der Waals surface area contributed by atoms with E-state index in [2.05, 4.69) is 45.2 Å². The number of hydrogen-bond donors (Lipinski definition) is 0. The van der Waals surface area contributed by atoms with Crippen LogP contribution in [0.5, 0.6) is 0 Å². The van der Waals surface area contributed by atoms with Gasteiger partial charge in [0.1, 0.15) is 9.43 Å². The first-order valence-electron chi connectivity index (χ1n) is 4.13. The number of aromatic nitrogens is 2. The third-order valence-electron chi connectivity index (χ3n) is 2.05. The lowest BCUT2D eigenvalue weighted by atomic mass is 10.1. The van der Waals surface area contributed by atoms with Gasteiger partial charge >= 0.3 is 0 Å². The number of halogens is 1. The van der Waals surface area contributed by atoms with E-state index >= 15 is 0 Å². The normalized spacial score (nSPS) is 11.0. The first kappa shape index (κ1) is 9.09. The van der Waals surface area contributed by atoms with E-state index in [1.54, 1.807) is 0 Å². The highest BCUT2D eigenvalue weighted by Gasteiger charge is 2.07. The van der Waals surface area contributed by atoms with Gasteiger partial charge in [0.05, 0.1) is 0 Å². The fraction of sp³-hybridized carbons (Fsp3) is 0.333. The van der Waals surface area contributed by atoms with E-state index in [0.29, 0.717) is 0 Å². The molecule has 2 nitrogen and oxygen atoms in total. The van der Waals surface area contributed by atoms with Crippen LogP contribution in [-0.2, 0) is 6.42 Å². The number of hydrogen-bond acceptors (Lipinski definition) is 3. The molecule has 0 aromatic carbocycles. The molecule has 4 heteroatoms. The standard InChI is InChI=1S/C9H9BrN2S/c1-3-7-5(2)4-6-8(10)12-13-9(6)11-7/h4H,3H2,1-2H3. The molecule has 2 aromatic rings. The van der Waals surface area contributed by atoms with Crippen molar-refractivity contribution in [3.05, 3.63) is 21.9 Å². The second-order valence-corrected chi connectivity index (χ2v) is 4.43. The van der Waals surface area contributed by atoms with Crippen molar-refractivity contribution < 1.29 is 0 Å². The first-order valence-corrected chi connectivity index (χ1v) is 5.70. The lowest BCUT2D eigenvalue weighted by molar-refractivity contribution is 1.03. The molecule has 13 heavy (non-hydrogen) atoms. The van der Waals surface area contributed by atoms with Crippen LogP contribution in [0.25, 0.3) is 10.2 Å². The van der Waals surface area contributed by atoms with Gasteiger partial charge in [-0.2, -0.15) is 4.37 Å². The molecular weight excluding hydrogens is 248 g/mol. The molecule has 0 fully saturated rings. The highest BCUT2D eigenvalue weighted by Crippen LogP contribution is 2.27. The summed E-state index contributed by atoms with van der Waals surface area (Å²) in [5, 5.41) is 1.12. The minimum atomic E-state index is 0.908. The van der Waals surface area contributed by atoms with Gasteiger partial charge in [-0.3, -0.25) is 0 Å². The van der Waals surface area contributed by atoms with Crippen molar-refractivity contribution >= 4 is 37.7 Å². The highest BCUT2D eigenvalue weighted by molar-refractivity contribution is 9.10. The van der Waals surface area contributed by atoms with E-state index in [4.69, 9.17) is 0 Å². The fourth-order valence-electron chi connectivity index (χ4n) is 1.34. The second-order valence-electron chi connectivity index (χ2n) is 2.93. The van der Waals surface area contributed by atoms with Crippen molar-refractivity contribution in [1.29, 1.82) is 0 Å². The lowest BCUT2D eigenvalue weighted by Gasteiger charge is -2.00. The second kappa shape index (κ2) is 3.35. The summed E-state index contributed by atoms with van der Waals surface area (Å²) in [6.07, 6.45) is 0.983. The molecule has 0 saturated heterocycles.